The molecule has 0 saturated carbocycles. The number of aliphatic hydroxyl groups excluding tert-OH is 1. The lowest BCUT2D eigenvalue weighted by atomic mass is 10.1. The summed E-state index contributed by atoms with van der Waals surface area (Å²) in [4.78, 5) is 13.7. The Hall–Kier alpha value is -2.01. The van der Waals surface area contributed by atoms with Crippen LogP contribution >= 0.6 is 0 Å². The minimum absolute atomic E-state index is 0.0801. The number of hydrogen-bond acceptors (Lipinski definition) is 3. The van der Waals surface area contributed by atoms with E-state index in [1.807, 2.05) is 6.07 Å². The lowest BCUT2D eigenvalue weighted by Gasteiger charge is -2.23. The summed E-state index contributed by atoms with van der Waals surface area (Å²) < 4.78 is 0. The number of amides is 2. The van der Waals surface area contributed by atoms with E-state index in [0.717, 1.165) is 24.0 Å². The molecule has 1 unspecified atom stereocenters. The zero-order valence-electron chi connectivity index (χ0n) is 11.4. The fourth-order valence-electron chi connectivity index (χ4n) is 2.58. The molecule has 0 bridgehead atoms. The second kappa shape index (κ2) is 6.43. The van der Waals surface area contributed by atoms with E-state index in [0.29, 0.717) is 6.54 Å². The average molecular weight is 276 g/mol. The van der Waals surface area contributed by atoms with E-state index in [9.17, 15) is 9.90 Å². The Morgan fingerprint density at radius 3 is 3.05 bits per heavy atom. The molecular formula is C15H20N2O3. The van der Waals surface area contributed by atoms with Crippen molar-refractivity contribution in [2.75, 3.05) is 19.7 Å². The lowest BCUT2D eigenvalue weighted by molar-refractivity contribution is 0.180. The summed E-state index contributed by atoms with van der Waals surface area (Å²) in [6.45, 7) is 4.20. The van der Waals surface area contributed by atoms with Crippen molar-refractivity contribution < 1.29 is 15.0 Å². The van der Waals surface area contributed by atoms with Gasteiger partial charge in [-0.1, -0.05) is 18.2 Å². The minimum Gasteiger partial charge on any atom is -0.508 e. The van der Waals surface area contributed by atoms with Crippen molar-refractivity contribution in [3.8, 4) is 5.75 Å². The van der Waals surface area contributed by atoms with E-state index in [1.165, 1.54) is 4.90 Å². The topological polar surface area (TPSA) is 72.8 Å². The van der Waals surface area contributed by atoms with Gasteiger partial charge >= 0.3 is 6.03 Å². The molecule has 0 aromatic heterocycles. The number of nitrogens with one attached hydrogen (secondary N) is 1. The highest BCUT2D eigenvalue weighted by Gasteiger charge is 2.27. The van der Waals surface area contributed by atoms with Crippen molar-refractivity contribution in [3.05, 3.63) is 42.0 Å². The van der Waals surface area contributed by atoms with E-state index < -0.39 is 0 Å². The Bertz CT molecular complexity index is 502. The molecule has 1 aromatic carbocycles. The number of carbonyl (C=O) groups is 1. The van der Waals surface area contributed by atoms with E-state index in [4.69, 9.17) is 5.11 Å². The number of urea groups is 1. The van der Waals surface area contributed by atoms with Crippen LogP contribution in [0.1, 0.15) is 23.6 Å². The molecule has 108 valence electrons. The molecule has 0 heterocycles. The predicted octanol–water partition coefficient (Wildman–Crippen LogP) is 1.57. The van der Waals surface area contributed by atoms with Crippen LogP contribution in [0.4, 0.5) is 4.79 Å². The quantitative estimate of drug-likeness (QED) is 0.715. The number of rotatable bonds is 5. The molecule has 1 aliphatic carbocycles. The summed E-state index contributed by atoms with van der Waals surface area (Å²) in [5.41, 5.74) is 1.89. The highest BCUT2D eigenvalue weighted by Crippen LogP contribution is 2.36. The SMILES string of the molecule is C=CCN(CCO)C(=O)NC1CCc2c(O)cccc21. The van der Waals surface area contributed by atoms with Gasteiger partial charge < -0.3 is 20.4 Å². The van der Waals surface area contributed by atoms with Gasteiger partial charge in [0.1, 0.15) is 5.75 Å². The van der Waals surface area contributed by atoms with Crippen molar-refractivity contribution in [2.24, 2.45) is 0 Å². The van der Waals surface area contributed by atoms with E-state index in [2.05, 4.69) is 11.9 Å². The molecule has 0 aliphatic heterocycles. The molecule has 0 radical (unpaired) electrons. The van der Waals surface area contributed by atoms with Gasteiger partial charge in [0.2, 0.25) is 0 Å². The molecule has 2 rings (SSSR count). The second-order valence-corrected chi connectivity index (χ2v) is 4.84. The first-order valence-corrected chi connectivity index (χ1v) is 6.75. The molecule has 1 aromatic rings. The van der Waals surface area contributed by atoms with Crippen LogP contribution in [-0.2, 0) is 6.42 Å². The Morgan fingerprint density at radius 1 is 1.55 bits per heavy atom. The number of phenolic OH excluding ortho intramolecular Hbond substituents is 1. The number of hydrogen-bond donors (Lipinski definition) is 3. The van der Waals surface area contributed by atoms with Gasteiger partial charge in [-0.25, -0.2) is 4.79 Å². The van der Waals surface area contributed by atoms with Crippen LogP contribution in [0.2, 0.25) is 0 Å². The van der Waals surface area contributed by atoms with Crippen LogP contribution in [0.15, 0.2) is 30.9 Å². The van der Waals surface area contributed by atoms with Gasteiger partial charge in [0.15, 0.2) is 0 Å². The maximum Gasteiger partial charge on any atom is 0.318 e. The molecule has 5 heteroatoms. The van der Waals surface area contributed by atoms with Crippen molar-refractivity contribution in [3.63, 3.8) is 0 Å². The average Bonchev–Trinajstić information content (AvgIpc) is 2.83. The van der Waals surface area contributed by atoms with E-state index in [1.54, 1.807) is 18.2 Å². The van der Waals surface area contributed by atoms with E-state index >= 15 is 0 Å². The number of benzene rings is 1. The Balaban J connectivity index is 2.06. The number of aliphatic hydroxyl groups is 1. The molecule has 1 aliphatic rings. The first-order valence-electron chi connectivity index (χ1n) is 6.75. The summed E-state index contributed by atoms with van der Waals surface area (Å²) in [5, 5.41) is 21.7. The first-order chi connectivity index (χ1) is 9.67. The normalized spacial score (nSPS) is 16.6. The third-order valence-electron chi connectivity index (χ3n) is 3.55. The fourth-order valence-corrected chi connectivity index (χ4v) is 2.58. The van der Waals surface area contributed by atoms with Crippen LogP contribution in [0.25, 0.3) is 0 Å². The summed E-state index contributed by atoms with van der Waals surface area (Å²) in [6, 6.07) is 5.07. The molecule has 0 saturated heterocycles. The van der Waals surface area contributed by atoms with Crippen LogP contribution in [0.3, 0.4) is 0 Å². The van der Waals surface area contributed by atoms with Gasteiger partial charge in [-0.15, -0.1) is 6.58 Å². The van der Waals surface area contributed by atoms with Crippen LogP contribution < -0.4 is 5.32 Å². The summed E-state index contributed by atoms with van der Waals surface area (Å²) in [7, 11) is 0. The van der Waals surface area contributed by atoms with E-state index in [-0.39, 0.29) is 31.0 Å². The molecule has 5 nitrogen and oxygen atoms in total. The van der Waals surface area contributed by atoms with Crippen LogP contribution in [-0.4, -0.2) is 40.8 Å². The van der Waals surface area contributed by atoms with Gasteiger partial charge in [-0.3, -0.25) is 0 Å². The van der Waals surface area contributed by atoms with Crippen molar-refractivity contribution >= 4 is 6.03 Å². The van der Waals surface area contributed by atoms with Gasteiger partial charge in [0.25, 0.3) is 0 Å². The number of nitrogens with zero attached hydrogens (tertiary/aromatic N) is 1. The second-order valence-electron chi connectivity index (χ2n) is 4.84. The van der Waals surface area contributed by atoms with Crippen molar-refractivity contribution in [1.29, 1.82) is 0 Å². The predicted molar refractivity (Wildman–Crippen MR) is 76.6 cm³/mol. The summed E-state index contributed by atoms with van der Waals surface area (Å²) in [6.07, 6.45) is 3.16. The molecule has 0 fully saturated rings. The smallest absolute Gasteiger partial charge is 0.318 e. The molecule has 0 spiro atoms. The van der Waals surface area contributed by atoms with Gasteiger partial charge in [-0.2, -0.15) is 0 Å². The molecule has 20 heavy (non-hydrogen) atoms. The first kappa shape index (κ1) is 14.4. The molecule has 1 atom stereocenters. The zero-order valence-corrected chi connectivity index (χ0v) is 11.4. The maximum atomic E-state index is 12.2. The fraction of sp³-hybridized carbons (Fsp3) is 0.400. The minimum atomic E-state index is -0.222. The number of phenols is 1. The molecule has 3 N–H and O–H groups in total. The number of carbonyl (C=O) groups excluding carboxylic acids is 1. The third kappa shape index (κ3) is 2.93. The molecular weight excluding hydrogens is 256 g/mol. The monoisotopic (exact) mass is 276 g/mol. The van der Waals surface area contributed by atoms with Crippen molar-refractivity contribution in [2.45, 2.75) is 18.9 Å². The molecule has 2 amide bonds. The Kier molecular flexibility index (Phi) is 4.63. The Morgan fingerprint density at radius 2 is 2.35 bits per heavy atom. The van der Waals surface area contributed by atoms with Crippen molar-refractivity contribution in [1.82, 2.24) is 10.2 Å². The standard InChI is InChI=1S/C15H20N2O3/c1-2-8-17(9-10-18)15(20)16-13-7-6-12-11(13)4-3-5-14(12)19/h2-5,13,18-19H,1,6-10H2,(H,16,20). The van der Waals surface area contributed by atoms with Gasteiger partial charge in [0.05, 0.1) is 12.6 Å². The largest absolute Gasteiger partial charge is 0.508 e. The maximum absolute atomic E-state index is 12.2. The van der Waals surface area contributed by atoms with Gasteiger partial charge in [-0.05, 0) is 30.0 Å². The zero-order chi connectivity index (χ0) is 14.5. The number of fused-ring (bicyclic) bond motifs is 1. The highest BCUT2D eigenvalue weighted by molar-refractivity contribution is 5.75. The van der Waals surface area contributed by atoms with Crippen LogP contribution in [0.5, 0.6) is 5.75 Å². The summed E-state index contributed by atoms with van der Waals surface area (Å²) >= 11 is 0. The third-order valence-corrected chi connectivity index (χ3v) is 3.55. The summed E-state index contributed by atoms with van der Waals surface area (Å²) in [5.74, 6) is 0.289. The highest BCUT2D eigenvalue weighted by atomic mass is 16.3. The lowest BCUT2D eigenvalue weighted by Crippen LogP contribution is -2.42. The Labute approximate surface area is 118 Å². The number of aromatic hydroxyl groups is 1. The van der Waals surface area contributed by atoms with Crippen LogP contribution in [0, 0.1) is 0 Å². The van der Waals surface area contributed by atoms with Gasteiger partial charge in [0, 0.05) is 13.1 Å².